The van der Waals surface area contributed by atoms with Gasteiger partial charge in [-0.15, -0.1) is 0 Å². The van der Waals surface area contributed by atoms with Crippen molar-refractivity contribution in [1.29, 1.82) is 0 Å². The first-order chi connectivity index (χ1) is 8.97. The lowest BCUT2D eigenvalue weighted by Gasteiger charge is -2.27. The zero-order valence-corrected chi connectivity index (χ0v) is 12.4. The number of hydrogen-bond acceptors (Lipinski definition) is 4. The minimum atomic E-state index is -0.991. The van der Waals surface area contributed by atoms with E-state index in [1.54, 1.807) is 19.2 Å². The normalized spacial score (nSPS) is 21.8. The fraction of sp³-hybridized carbons (Fsp3) is 0.250. The van der Waals surface area contributed by atoms with Gasteiger partial charge in [-0.3, -0.25) is 14.5 Å². The SMILES string of the molecule is CN1C(=O)C[C@H](C(=O)O)SC1=Nc1ccc(Br)cc1. The zero-order valence-electron chi connectivity index (χ0n) is 10.0. The number of carbonyl (C=O) groups excluding carboxylic acids is 1. The Morgan fingerprint density at radius 1 is 1.47 bits per heavy atom. The number of aliphatic imine (C=N–C) groups is 1. The minimum Gasteiger partial charge on any atom is -0.480 e. The van der Waals surface area contributed by atoms with E-state index >= 15 is 0 Å². The van der Waals surface area contributed by atoms with Crippen LogP contribution in [0.4, 0.5) is 5.69 Å². The van der Waals surface area contributed by atoms with Crippen molar-refractivity contribution in [1.82, 2.24) is 4.90 Å². The fourth-order valence-corrected chi connectivity index (χ4v) is 2.78. The highest BCUT2D eigenvalue weighted by molar-refractivity contribution is 9.10. The van der Waals surface area contributed by atoms with E-state index in [-0.39, 0.29) is 12.3 Å². The summed E-state index contributed by atoms with van der Waals surface area (Å²) in [5, 5.41) is 8.65. The van der Waals surface area contributed by atoms with Gasteiger partial charge in [0.2, 0.25) is 5.91 Å². The number of hydrogen-bond donors (Lipinski definition) is 1. The van der Waals surface area contributed by atoms with Crippen molar-refractivity contribution in [3.8, 4) is 0 Å². The number of benzene rings is 1. The molecule has 100 valence electrons. The predicted molar refractivity (Wildman–Crippen MR) is 77.6 cm³/mol. The van der Waals surface area contributed by atoms with Crippen LogP contribution in [0.15, 0.2) is 33.7 Å². The Labute approximate surface area is 122 Å². The maximum absolute atomic E-state index is 11.7. The van der Waals surface area contributed by atoms with Crippen molar-refractivity contribution in [2.45, 2.75) is 11.7 Å². The molecule has 19 heavy (non-hydrogen) atoms. The van der Waals surface area contributed by atoms with Crippen molar-refractivity contribution in [2.24, 2.45) is 4.99 Å². The standard InChI is InChI=1S/C12H11BrN2O3S/c1-15-10(16)6-9(11(17)18)19-12(15)14-8-4-2-7(13)3-5-8/h2-5,9H,6H2,1H3,(H,17,18)/t9-/m1/s1. The molecule has 1 fully saturated rings. The van der Waals surface area contributed by atoms with Gasteiger partial charge in [0.1, 0.15) is 5.25 Å². The molecule has 1 saturated heterocycles. The maximum atomic E-state index is 11.7. The summed E-state index contributed by atoms with van der Waals surface area (Å²) in [5.41, 5.74) is 0.677. The van der Waals surface area contributed by atoms with Gasteiger partial charge in [-0.1, -0.05) is 27.7 Å². The Balaban J connectivity index is 2.27. The molecular formula is C12H11BrN2O3S. The van der Waals surface area contributed by atoms with E-state index in [4.69, 9.17) is 5.11 Å². The molecule has 1 amide bonds. The highest BCUT2D eigenvalue weighted by Gasteiger charge is 2.33. The molecule has 0 radical (unpaired) electrons. The van der Waals surface area contributed by atoms with Crippen molar-refractivity contribution < 1.29 is 14.7 Å². The predicted octanol–water partition coefficient (Wildman–Crippen LogP) is 2.49. The molecule has 0 saturated carbocycles. The van der Waals surface area contributed by atoms with Crippen LogP contribution in [0.25, 0.3) is 0 Å². The molecule has 0 unspecified atom stereocenters. The molecule has 1 aliphatic rings. The van der Waals surface area contributed by atoms with Gasteiger partial charge < -0.3 is 5.11 Å². The second-order valence-corrected chi connectivity index (χ2v) is 6.06. The van der Waals surface area contributed by atoms with E-state index < -0.39 is 11.2 Å². The van der Waals surface area contributed by atoms with Crippen molar-refractivity contribution in [2.75, 3.05) is 7.05 Å². The largest absolute Gasteiger partial charge is 0.480 e. The smallest absolute Gasteiger partial charge is 0.317 e. The quantitative estimate of drug-likeness (QED) is 0.896. The molecule has 7 heteroatoms. The topological polar surface area (TPSA) is 70.0 Å². The lowest BCUT2D eigenvalue weighted by molar-refractivity contribution is -0.139. The van der Waals surface area contributed by atoms with Gasteiger partial charge in [-0.25, -0.2) is 4.99 Å². The molecule has 1 aromatic carbocycles. The van der Waals surface area contributed by atoms with Crippen LogP contribution in [0.2, 0.25) is 0 Å². The number of carboxylic acids is 1. The summed E-state index contributed by atoms with van der Waals surface area (Å²) >= 11 is 4.42. The molecule has 1 N–H and O–H groups in total. The number of carboxylic acid groups (broad SMARTS) is 1. The molecular weight excluding hydrogens is 332 g/mol. The molecule has 0 spiro atoms. The van der Waals surface area contributed by atoms with E-state index in [0.29, 0.717) is 10.9 Å². The highest BCUT2D eigenvalue weighted by Crippen LogP contribution is 2.28. The van der Waals surface area contributed by atoms with Gasteiger partial charge in [0, 0.05) is 11.5 Å². The van der Waals surface area contributed by atoms with Crippen LogP contribution in [0, 0.1) is 0 Å². The summed E-state index contributed by atoms with van der Waals surface area (Å²) in [5.74, 6) is -1.23. The maximum Gasteiger partial charge on any atom is 0.317 e. The average Bonchev–Trinajstić information content (AvgIpc) is 2.37. The second kappa shape index (κ2) is 5.75. The van der Waals surface area contributed by atoms with E-state index in [1.165, 1.54) is 4.90 Å². The molecule has 1 aliphatic heterocycles. The Hall–Kier alpha value is -1.34. The molecule has 1 heterocycles. The number of amides is 1. The lowest BCUT2D eigenvalue weighted by Crippen LogP contribution is -2.41. The van der Waals surface area contributed by atoms with Crippen LogP contribution < -0.4 is 0 Å². The molecule has 0 aromatic heterocycles. The van der Waals surface area contributed by atoms with Crippen LogP contribution in [0.1, 0.15) is 6.42 Å². The molecule has 1 aromatic rings. The number of aliphatic carboxylic acids is 1. The first-order valence-corrected chi connectivity index (χ1v) is 7.15. The third kappa shape index (κ3) is 3.36. The van der Waals surface area contributed by atoms with Gasteiger partial charge in [0.25, 0.3) is 0 Å². The number of carbonyl (C=O) groups is 2. The number of nitrogens with zero attached hydrogens (tertiary/aromatic N) is 2. The summed E-state index contributed by atoms with van der Waals surface area (Å²) in [6.07, 6.45) is -0.00411. The van der Waals surface area contributed by atoms with Crippen molar-refractivity contribution >= 4 is 50.4 Å². The van der Waals surface area contributed by atoms with Crippen LogP contribution in [0.5, 0.6) is 0 Å². The summed E-state index contributed by atoms with van der Waals surface area (Å²) in [4.78, 5) is 28.4. The van der Waals surface area contributed by atoms with E-state index in [9.17, 15) is 9.59 Å². The minimum absolute atomic E-state index is 0.00411. The van der Waals surface area contributed by atoms with Crippen molar-refractivity contribution in [3.05, 3.63) is 28.7 Å². The van der Waals surface area contributed by atoms with Crippen LogP contribution in [0.3, 0.4) is 0 Å². The highest BCUT2D eigenvalue weighted by atomic mass is 79.9. The molecule has 1 atom stereocenters. The number of rotatable bonds is 2. The van der Waals surface area contributed by atoms with Gasteiger partial charge in [-0.05, 0) is 24.3 Å². The number of halogens is 1. The summed E-state index contributed by atoms with van der Waals surface area (Å²) < 4.78 is 0.931. The third-order valence-electron chi connectivity index (χ3n) is 2.60. The average molecular weight is 343 g/mol. The van der Waals surface area contributed by atoms with Gasteiger partial charge in [0.05, 0.1) is 12.1 Å². The molecule has 2 rings (SSSR count). The van der Waals surface area contributed by atoms with Crippen LogP contribution >= 0.6 is 27.7 Å². The van der Waals surface area contributed by atoms with Gasteiger partial charge in [0.15, 0.2) is 5.17 Å². The van der Waals surface area contributed by atoms with Crippen molar-refractivity contribution in [3.63, 3.8) is 0 Å². The lowest BCUT2D eigenvalue weighted by atomic mass is 10.3. The number of thioether (sulfide) groups is 1. The first-order valence-electron chi connectivity index (χ1n) is 5.47. The van der Waals surface area contributed by atoms with Crippen LogP contribution in [-0.4, -0.2) is 39.3 Å². The van der Waals surface area contributed by atoms with E-state index in [2.05, 4.69) is 20.9 Å². The molecule has 5 nitrogen and oxygen atoms in total. The Morgan fingerprint density at radius 2 is 2.11 bits per heavy atom. The number of amidine groups is 1. The Bertz CT molecular complexity index is 544. The fourth-order valence-electron chi connectivity index (χ4n) is 1.52. The Morgan fingerprint density at radius 3 is 2.68 bits per heavy atom. The van der Waals surface area contributed by atoms with Gasteiger partial charge in [-0.2, -0.15) is 0 Å². The monoisotopic (exact) mass is 342 g/mol. The van der Waals surface area contributed by atoms with E-state index in [1.807, 2.05) is 12.1 Å². The summed E-state index contributed by atoms with van der Waals surface area (Å²) in [6.45, 7) is 0. The first kappa shape index (κ1) is 14.1. The zero-order chi connectivity index (χ0) is 14.0. The molecule has 0 aliphatic carbocycles. The second-order valence-electron chi connectivity index (χ2n) is 3.97. The Kier molecular flexibility index (Phi) is 4.26. The summed E-state index contributed by atoms with van der Waals surface area (Å²) in [7, 11) is 1.60. The van der Waals surface area contributed by atoms with Gasteiger partial charge >= 0.3 is 5.97 Å². The summed E-state index contributed by atoms with van der Waals surface area (Å²) in [6, 6.07) is 7.26. The van der Waals surface area contributed by atoms with E-state index in [0.717, 1.165) is 16.2 Å². The van der Waals surface area contributed by atoms with Crippen LogP contribution in [-0.2, 0) is 9.59 Å². The third-order valence-corrected chi connectivity index (χ3v) is 4.35. The molecule has 0 bridgehead atoms.